The molecule has 0 aliphatic rings. The van der Waals surface area contributed by atoms with Gasteiger partial charge in [-0.3, -0.25) is 4.79 Å². The lowest BCUT2D eigenvalue weighted by atomic mass is 10.1. The van der Waals surface area contributed by atoms with Crippen molar-refractivity contribution in [1.29, 1.82) is 0 Å². The van der Waals surface area contributed by atoms with Crippen LogP contribution < -0.4 is 5.32 Å². The maximum Gasteiger partial charge on any atom is 0.228 e. The van der Waals surface area contributed by atoms with E-state index in [1.165, 1.54) is 29.5 Å². The van der Waals surface area contributed by atoms with Gasteiger partial charge in [-0.05, 0) is 29.8 Å². The van der Waals surface area contributed by atoms with E-state index in [0.29, 0.717) is 11.5 Å². The second kappa shape index (κ2) is 6.13. The molecule has 0 saturated heterocycles. The highest BCUT2D eigenvalue weighted by Crippen LogP contribution is 2.10. The van der Waals surface area contributed by atoms with Gasteiger partial charge < -0.3 is 5.32 Å². The molecule has 2 aromatic heterocycles. The van der Waals surface area contributed by atoms with Gasteiger partial charge in [-0.1, -0.05) is 12.1 Å². The molecule has 2 heterocycles. The predicted octanol–water partition coefficient (Wildman–Crippen LogP) is 1.98. The van der Waals surface area contributed by atoms with Crippen LogP contribution in [0.1, 0.15) is 5.56 Å². The van der Waals surface area contributed by atoms with Crippen LogP contribution >= 0.6 is 0 Å². The van der Waals surface area contributed by atoms with Gasteiger partial charge >= 0.3 is 0 Å². The Hall–Kier alpha value is -3.09. The van der Waals surface area contributed by atoms with E-state index in [1.807, 2.05) is 0 Å². The van der Waals surface area contributed by atoms with Gasteiger partial charge in [0, 0.05) is 0 Å². The molecule has 0 aliphatic heterocycles. The van der Waals surface area contributed by atoms with E-state index in [2.05, 4.69) is 20.4 Å². The third-order valence-electron chi connectivity index (χ3n) is 2.96. The molecule has 3 rings (SSSR count). The summed E-state index contributed by atoms with van der Waals surface area (Å²) in [5.41, 5.74) is 1.32. The highest BCUT2D eigenvalue weighted by Gasteiger charge is 2.05. The van der Waals surface area contributed by atoms with Crippen molar-refractivity contribution in [2.24, 2.45) is 0 Å². The summed E-state index contributed by atoms with van der Waals surface area (Å²) >= 11 is 0. The molecule has 1 N–H and O–H groups in total. The monoisotopic (exact) mass is 297 g/mol. The second-order valence-electron chi connectivity index (χ2n) is 4.60. The van der Waals surface area contributed by atoms with Crippen molar-refractivity contribution in [1.82, 2.24) is 19.7 Å². The van der Waals surface area contributed by atoms with Crippen molar-refractivity contribution in [3.05, 3.63) is 66.6 Å². The first-order chi connectivity index (χ1) is 10.7. The lowest BCUT2D eigenvalue weighted by Crippen LogP contribution is -2.14. The number of hydrogen-bond acceptors (Lipinski definition) is 4. The van der Waals surface area contributed by atoms with Crippen LogP contribution in [0.25, 0.3) is 5.82 Å². The van der Waals surface area contributed by atoms with Gasteiger partial charge in [0.25, 0.3) is 0 Å². The topological polar surface area (TPSA) is 72.7 Å². The molecule has 1 amide bonds. The standard InChI is InChI=1S/C15H12FN5O/c16-12-3-1-11(2-4-12)7-15(22)20-13-5-6-14(18-8-13)21-10-17-9-19-21/h1-6,8-10H,7H2,(H,20,22). The highest BCUT2D eigenvalue weighted by molar-refractivity contribution is 5.92. The molecule has 0 fully saturated rings. The van der Waals surface area contributed by atoms with E-state index >= 15 is 0 Å². The normalized spacial score (nSPS) is 10.4. The number of carbonyl (C=O) groups is 1. The SMILES string of the molecule is O=C(Cc1ccc(F)cc1)Nc1ccc(-n2cncn2)nc1. The van der Waals surface area contributed by atoms with E-state index in [-0.39, 0.29) is 18.1 Å². The number of pyridine rings is 1. The summed E-state index contributed by atoms with van der Waals surface area (Å²) in [4.78, 5) is 19.9. The van der Waals surface area contributed by atoms with Crippen LogP contribution in [0.4, 0.5) is 10.1 Å². The number of halogens is 1. The summed E-state index contributed by atoms with van der Waals surface area (Å²) in [6.07, 6.45) is 4.67. The van der Waals surface area contributed by atoms with Gasteiger partial charge in [-0.25, -0.2) is 19.0 Å². The molecule has 0 saturated carbocycles. The zero-order valence-electron chi connectivity index (χ0n) is 11.5. The van der Waals surface area contributed by atoms with Crippen LogP contribution in [-0.2, 0) is 11.2 Å². The number of nitrogens with zero attached hydrogens (tertiary/aromatic N) is 4. The van der Waals surface area contributed by atoms with E-state index in [1.54, 1.807) is 30.5 Å². The summed E-state index contributed by atoms with van der Waals surface area (Å²) in [5, 5.41) is 6.70. The van der Waals surface area contributed by atoms with Gasteiger partial charge in [-0.15, -0.1) is 0 Å². The zero-order chi connectivity index (χ0) is 15.4. The maximum atomic E-state index is 12.8. The van der Waals surface area contributed by atoms with Crippen molar-refractivity contribution >= 4 is 11.6 Å². The van der Waals surface area contributed by atoms with Gasteiger partial charge in [-0.2, -0.15) is 5.10 Å². The molecule has 1 aromatic carbocycles. The minimum Gasteiger partial charge on any atom is -0.324 e. The molecule has 0 atom stereocenters. The number of benzene rings is 1. The van der Waals surface area contributed by atoms with Crippen LogP contribution in [0.3, 0.4) is 0 Å². The van der Waals surface area contributed by atoms with E-state index in [9.17, 15) is 9.18 Å². The fourth-order valence-corrected chi connectivity index (χ4v) is 1.91. The Morgan fingerprint density at radius 2 is 2.00 bits per heavy atom. The average Bonchev–Trinajstić information content (AvgIpc) is 3.05. The van der Waals surface area contributed by atoms with Crippen LogP contribution in [0, 0.1) is 5.82 Å². The van der Waals surface area contributed by atoms with Crippen LogP contribution in [0.15, 0.2) is 55.2 Å². The average molecular weight is 297 g/mol. The fourth-order valence-electron chi connectivity index (χ4n) is 1.91. The first-order valence-corrected chi connectivity index (χ1v) is 6.56. The summed E-state index contributed by atoms with van der Waals surface area (Å²) in [6, 6.07) is 9.28. The van der Waals surface area contributed by atoms with Crippen LogP contribution in [0.2, 0.25) is 0 Å². The molecule has 7 heteroatoms. The number of carbonyl (C=O) groups excluding carboxylic acids is 1. The second-order valence-corrected chi connectivity index (χ2v) is 4.60. The van der Waals surface area contributed by atoms with Crippen molar-refractivity contribution in [2.75, 3.05) is 5.32 Å². The van der Waals surface area contributed by atoms with Crippen molar-refractivity contribution in [3.63, 3.8) is 0 Å². The Kier molecular flexibility index (Phi) is 3.86. The molecule has 0 radical (unpaired) electrons. The molecule has 110 valence electrons. The van der Waals surface area contributed by atoms with Gasteiger partial charge in [0.1, 0.15) is 18.5 Å². The van der Waals surface area contributed by atoms with Crippen LogP contribution in [-0.4, -0.2) is 25.7 Å². The Morgan fingerprint density at radius 1 is 1.18 bits per heavy atom. The Morgan fingerprint density at radius 3 is 2.64 bits per heavy atom. The summed E-state index contributed by atoms with van der Waals surface area (Å²) in [6.45, 7) is 0. The molecule has 0 spiro atoms. The van der Waals surface area contributed by atoms with E-state index in [4.69, 9.17) is 0 Å². The largest absolute Gasteiger partial charge is 0.324 e. The molecular weight excluding hydrogens is 285 g/mol. The molecule has 3 aromatic rings. The lowest BCUT2D eigenvalue weighted by Gasteiger charge is -2.06. The van der Waals surface area contributed by atoms with E-state index in [0.717, 1.165) is 5.56 Å². The summed E-state index contributed by atoms with van der Waals surface area (Å²) in [5.74, 6) is 0.0907. The van der Waals surface area contributed by atoms with Gasteiger partial charge in [0.15, 0.2) is 5.82 Å². The molecule has 0 aliphatic carbocycles. The molecule has 0 bridgehead atoms. The van der Waals surface area contributed by atoms with Crippen molar-refractivity contribution in [3.8, 4) is 5.82 Å². The Balaban J connectivity index is 1.63. The number of rotatable bonds is 4. The quantitative estimate of drug-likeness (QED) is 0.799. The number of hydrogen-bond donors (Lipinski definition) is 1. The predicted molar refractivity (Wildman–Crippen MR) is 77.9 cm³/mol. The first-order valence-electron chi connectivity index (χ1n) is 6.56. The van der Waals surface area contributed by atoms with E-state index < -0.39 is 0 Å². The van der Waals surface area contributed by atoms with Crippen molar-refractivity contribution in [2.45, 2.75) is 6.42 Å². The number of anilines is 1. The zero-order valence-corrected chi connectivity index (χ0v) is 11.5. The first kappa shape index (κ1) is 13.9. The minimum absolute atomic E-state index is 0.172. The van der Waals surface area contributed by atoms with Gasteiger partial charge in [0.05, 0.1) is 18.3 Å². The lowest BCUT2D eigenvalue weighted by molar-refractivity contribution is -0.115. The smallest absolute Gasteiger partial charge is 0.228 e. The summed E-state index contributed by atoms with van der Waals surface area (Å²) in [7, 11) is 0. The van der Waals surface area contributed by atoms with Crippen LogP contribution in [0.5, 0.6) is 0 Å². The molecule has 0 unspecified atom stereocenters. The Labute approximate surface area is 125 Å². The maximum absolute atomic E-state index is 12.8. The molecular formula is C15H12FN5O. The summed E-state index contributed by atoms with van der Waals surface area (Å²) < 4.78 is 14.3. The molecule has 6 nitrogen and oxygen atoms in total. The highest BCUT2D eigenvalue weighted by atomic mass is 19.1. The number of amides is 1. The fraction of sp³-hybridized carbons (Fsp3) is 0.0667. The third-order valence-corrected chi connectivity index (χ3v) is 2.96. The van der Waals surface area contributed by atoms with Gasteiger partial charge in [0.2, 0.25) is 5.91 Å². The number of nitrogens with one attached hydrogen (secondary N) is 1. The van der Waals surface area contributed by atoms with Crippen molar-refractivity contribution < 1.29 is 9.18 Å². The Bertz CT molecular complexity index is 754. The third kappa shape index (κ3) is 3.32. The molecule has 22 heavy (non-hydrogen) atoms. The minimum atomic E-state index is -0.322. The number of aromatic nitrogens is 4.